The van der Waals surface area contributed by atoms with Crippen LogP contribution in [0.2, 0.25) is 0 Å². The van der Waals surface area contributed by atoms with Crippen molar-refractivity contribution in [3.05, 3.63) is 59.7 Å². The molecule has 0 saturated heterocycles. The fourth-order valence-corrected chi connectivity index (χ4v) is 5.72. The Bertz CT molecular complexity index is 916. The molecule has 216 valence electrons. The molecule has 2 aromatic rings. The van der Waals surface area contributed by atoms with Gasteiger partial charge >= 0.3 is 5.97 Å². The van der Waals surface area contributed by atoms with E-state index in [1.807, 2.05) is 12.1 Å². The predicted octanol–water partition coefficient (Wildman–Crippen LogP) is 10.6. The molecule has 0 amide bonds. The molecule has 1 saturated carbocycles. The Morgan fingerprint density at radius 3 is 2.00 bits per heavy atom. The van der Waals surface area contributed by atoms with Gasteiger partial charge in [-0.25, -0.2) is 9.18 Å². The Labute approximate surface area is 236 Å². The second-order valence-electron chi connectivity index (χ2n) is 11.5. The number of carbonyl (C=O) groups is 1. The molecule has 1 aliphatic rings. The predicted molar refractivity (Wildman–Crippen MR) is 160 cm³/mol. The summed E-state index contributed by atoms with van der Waals surface area (Å²) in [5, 5.41) is 0. The van der Waals surface area contributed by atoms with Gasteiger partial charge in [-0.05, 0) is 85.9 Å². The number of unbranched alkanes of at least 4 members (excludes halogenated alkanes) is 8. The van der Waals surface area contributed by atoms with E-state index in [1.54, 1.807) is 24.3 Å². The lowest BCUT2D eigenvalue weighted by molar-refractivity contribution is 0.0734. The largest absolute Gasteiger partial charge is 0.491 e. The molecular formula is C35H51FO3. The minimum Gasteiger partial charge on any atom is -0.491 e. The normalized spacial score (nSPS) is 18.0. The molecule has 0 radical (unpaired) electrons. The highest BCUT2D eigenvalue weighted by Crippen LogP contribution is 2.38. The fourth-order valence-electron chi connectivity index (χ4n) is 5.72. The van der Waals surface area contributed by atoms with Gasteiger partial charge in [0.25, 0.3) is 0 Å². The molecule has 0 N–H and O–H groups in total. The van der Waals surface area contributed by atoms with Crippen LogP contribution in [0, 0.1) is 5.92 Å². The van der Waals surface area contributed by atoms with E-state index in [-0.39, 0.29) is 6.61 Å². The minimum atomic E-state index is -0.963. The second kappa shape index (κ2) is 18.1. The molecule has 1 unspecified atom stereocenters. The van der Waals surface area contributed by atoms with Gasteiger partial charge in [0.15, 0.2) is 0 Å². The number of alkyl halides is 1. The first-order chi connectivity index (χ1) is 19.1. The zero-order valence-electron chi connectivity index (χ0n) is 24.5. The number of halogens is 1. The summed E-state index contributed by atoms with van der Waals surface area (Å²) in [6.07, 6.45) is 18.6. The summed E-state index contributed by atoms with van der Waals surface area (Å²) in [5.74, 6) is 2.24. The first-order valence-corrected chi connectivity index (χ1v) is 15.8. The van der Waals surface area contributed by atoms with E-state index in [4.69, 9.17) is 9.47 Å². The van der Waals surface area contributed by atoms with E-state index in [2.05, 4.69) is 26.0 Å². The molecule has 2 aromatic carbocycles. The van der Waals surface area contributed by atoms with E-state index in [9.17, 15) is 9.18 Å². The number of esters is 1. The summed E-state index contributed by atoms with van der Waals surface area (Å²) in [7, 11) is 0. The Balaban J connectivity index is 1.36. The maximum atomic E-state index is 14.1. The van der Waals surface area contributed by atoms with Crippen molar-refractivity contribution in [1.29, 1.82) is 0 Å². The van der Waals surface area contributed by atoms with Crippen LogP contribution in [0.3, 0.4) is 0 Å². The molecule has 1 fully saturated rings. The third-order valence-corrected chi connectivity index (χ3v) is 8.27. The zero-order valence-corrected chi connectivity index (χ0v) is 24.5. The lowest BCUT2D eigenvalue weighted by Crippen LogP contribution is -2.14. The topological polar surface area (TPSA) is 35.5 Å². The molecule has 4 heteroatoms. The average Bonchev–Trinajstić information content (AvgIpc) is 2.97. The molecular weight excluding hydrogens is 487 g/mol. The highest BCUT2D eigenvalue weighted by molar-refractivity contribution is 5.91. The molecule has 0 aliphatic heterocycles. The first-order valence-electron chi connectivity index (χ1n) is 15.8. The van der Waals surface area contributed by atoms with Crippen LogP contribution in [0.5, 0.6) is 11.5 Å². The second-order valence-corrected chi connectivity index (χ2v) is 11.5. The van der Waals surface area contributed by atoms with Crippen molar-refractivity contribution in [3.63, 3.8) is 0 Å². The van der Waals surface area contributed by atoms with E-state index >= 15 is 0 Å². The van der Waals surface area contributed by atoms with Gasteiger partial charge in [0.2, 0.25) is 0 Å². The Morgan fingerprint density at radius 2 is 1.36 bits per heavy atom. The van der Waals surface area contributed by atoms with Crippen molar-refractivity contribution >= 4 is 5.97 Å². The van der Waals surface area contributed by atoms with Gasteiger partial charge in [-0.1, -0.05) is 96.6 Å². The van der Waals surface area contributed by atoms with Gasteiger partial charge in [-0.15, -0.1) is 0 Å². The lowest BCUT2D eigenvalue weighted by Gasteiger charge is -2.29. The smallest absolute Gasteiger partial charge is 0.343 e. The molecule has 39 heavy (non-hydrogen) atoms. The molecule has 1 atom stereocenters. The summed E-state index contributed by atoms with van der Waals surface area (Å²) in [6.45, 7) is 4.50. The van der Waals surface area contributed by atoms with Crippen LogP contribution >= 0.6 is 0 Å². The molecule has 0 bridgehead atoms. The lowest BCUT2D eigenvalue weighted by atomic mass is 9.77. The fraction of sp³-hybridized carbons (Fsp3) is 0.629. The molecule has 3 rings (SSSR count). The SMILES string of the molecule is CCCCCCCC(F)COc1ccc(C(=O)Oc2ccc(C3CCC(CCCCCCC)CC3)cc2)cc1. The van der Waals surface area contributed by atoms with Gasteiger partial charge in [0, 0.05) is 0 Å². The van der Waals surface area contributed by atoms with Crippen molar-refractivity contribution in [2.24, 2.45) is 5.92 Å². The summed E-state index contributed by atoms with van der Waals surface area (Å²) >= 11 is 0. The summed E-state index contributed by atoms with van der Waals surface area (Å²) in [6, 6.07) is 14.8. The third-order valence-electron chi connectivity index (χ3n) is 8.27. The van der Waals surface area contributed by atoms with Gasteiger partial charge < -0.3 is 9.47 Å². The van der Waals surface area contributed by atoms with Gasteiger partial charge in [-0.3, -0.25) is 0 Å². The maximum absolute atomic E-state index is 14.1. The summed E-state index contributed by atoms with van der Waals surface area (Å²) in [4.78, 5) is 12.6. The number of hydrogen-bond acceptors (Lipinski definition) is 3. The maximum Gasteiger partial charge on any atom is 0.343 e. The highest BCUT2D eigenvalue weighted by Gasteiger charge is 2.22. The Kier molecular flexibility index (Phi) is 14.4. The number of rotatable bonds is 18. The first kappa shape index (κ1) is 31.2. The van der Waals surface area contributed by atoms with Crippen molar-refractivity contribution in [2.45, 2.75) is 129 Å². The van der Waals surface area contributed by atoms with Crippen LogP contribution < -0.4 is 9.47 Å². The van der Waals surface area contributed by atoms with Crippen LogP contribution in [0.4, 0.5) is 4.39 Å². The monoisotopic (exact) mass is 538 g/mol. The number of ether oxygens (including phenoxy) is 2. The quantitative estimate of drug-likeness (QED) is 0.108. The molecule has 1 aliphatic carbocycles. The van der Waals surface area contributed by atoms with Crippen molar-refractivity contribution in [1.82, 2.24) is 0 Å². The number of benzene rings is 2. The van der Waals surface area contributed by atoms with E-state index < -0.39 is 12.1 Å². The van der Waals surface area contributed by atoms with Crippen LogP contribution in [0.25, 0.3) is 0 Å². The van der Waals surface area contributed by atoms with Crippen LogP contribution in [0.1, 0.15) is 138 Å². The standard InChI is InChI=1S/C35H51FO3/c1-3-5-7-9-11-13-28-15-17-29(18-16-28)30-19-25-34(26-20-30)39-35(37)31-21-23-33(24-22-31)38-27-32(36)14-12-10-8-6-4-2/h19-26,28-29,32H,3-18,27H2,1-2H3. The van der Waals surface area contributed by atoms with Crippen molar-refractivity contribution in [3.8, 4) is 11.5 Å². The number of carbonyl (C=O) groups excluding carboxylic acids is 1. The summed E-state index contributed by atoms with van der Waals surface area (Å²) < 4.78 is 25.3. The van der Waals surface area contributed by atoms with E-state index in [1.165, 1.54) is 89.0 Å². The average molecular weight is 539 g/mol. The van der Waals surface area contributed by atoms with Crippen LogP contribution in [-0.2, 0) is 0 Å². The highest BCUT2D eigenvalue weighted by atomic mass is 19.1. The minimum absolute atomic E-state index is 0.0462. The van der Waals surface area contributed by atoms with Crippen LogP contribution in [0.15, 0.2) is 48.5 Å². The van der Waals surface area contributed by atoms with E-state index in [0.717, 1.165) is 18.8 Å². The zero-order chi connectivity index (χ0) is 27.7. The Hall–Kier alpha value is -2.36. The van der Waals surface area contributed by atoms with Gasteiger partial charge in [-0.2, -0.15) is 0 Å². The number of hydrogen-bond donors (Lipinski definition) is 0. The molecule has 3 nitrogen and oxygen atoms in total. The van der Waals surface area contributed by atoms with E-state index in [0.29, 0.717) is 29.4 Å². The van der Waals surface area contributed by atoms with Crippen LogP contribution in [-0.4, -0.2) is 18.7 Å². The Morgan fingerprint density at radius 1 is 0.769 bits per heavy atom. The van der Waals surface area contributed by atoms with Gasteiger partial charge in [0.1, 0.15) is 24.3 Å². The molecule has 0 heterocycles. The van der Waals surface area contributed by atoms with Crippen molar-refractivity contribution < 1.29 is 18.7 Å². The molecule has 0 spiro atoms. The molecule has 0 aromatic heterocycles. The third kappa shape index (κ3) is 11.7. The van der Waals surface area contributed by atoms with Crippen molar-refractivity contribution in [2.75, 3.05) is 6.61 Å². The summed E-state index contributed by atoms with van der Waals surface area (Å²) in [5.41, 5.74) is 1.80. The van der Waals surface area contributed by atoms with Gasteiger partial charge in [0.05, 0.1) is 5.56 Å².